The van der Waals surface area contributed by atoms with Crippen molar-refractivity contribution >= 4 is 11.9 Å². The number of allylic oxidation sites excluding steroid dienone is 2. The topological polar surface area (TPSA) is 52.6 Å². The van der Waals surface area contributed by atoms with E-state index in [9.17, 15) is 9.59 Å². The summed E-state index contributed by atoms with van der Waals surface area (Å²) in [6, 6.07) is 0. The molecule has 2 unspecified atom stereocenters. The maximum Gasteiger partial charge on any atom is 0.334 e. The summed E-state index contributed by atoms with van der Waals surface area (Å²) in [5.41, 5.74) is 0.786. The summed E-state index contributed by atoms with van der Waals surface area (Å²) in [6.07, 6.45) is 3.78. The van der Waals surface area contributed by atoms with Crippen LogP contribution in [0.2, 0.25) is 0 Å². The summed E-state index contributed by atoms with van der Waals surface area (Å²) in [6.45, 7) is 3.69. The molecule has 1 aliphatic carbocycles. The molecule has 0 aromatic carbocycles. The molecule has 0 aliphatic heterocycles. The second kappa shape index (κ2) is 4.96. The van der Waals surface area contributed by atoms with Gasteiger partial charge in [-0.3, -0.25) is 0 Å². The van der Waals surface area contributed by atoms with E-state index in [0.29, 0.717) is 11.1 Å². The predicted octanol–water partition coefficient (Wildman–Crippen LogP) is 1.47. The third-order valence-corrected chi connectivity index (χ3v) is 2.70. The maximum atomic E-state index is 11.6. The summed E-state index contributed by atoms with van der Waals surface area (Å²) in [7, 11) is 2.61. The molecule has 0 aromatic rings. The molecule has 0 heterocycles. The maximum absolute atomic E-state index is 11.6. The van der Waals surface area contributed by atoms with Crippen LogP contribution in [0.4, 0.5) is 0 Å². The fraction of sp³-hybridized carbons (Fsp3) is 0.500. The molecule has 1 aliphatic rings. The van der Waals surface area contributed by atoms with Gasteiger partial charge in [-0.1, -0.05) is 26.0 Å². The second-order valence-electron chi connectivity index (χ2n) is 3.77. The van der Waals surface area contributed by atoms with Crippen molar-refractivity contribution < 1.29 is 19.1 Å². The van der Waals surface area contributed by atoms with Crippen molar-refractivity contribution in [3.8, 4) is 0 Å². The minimum atomic E-state index is -0.468. The van der Waals surface area contributed by atoms with Crippen molar-refractivity contribution in [1.82, 2.24) is 0 Å². The molecule has 4 nitrogen and oxygen atoms in total. The van der Waals surface area contributed by atoms with Gasteiger partial charge in [-0.15, -0.1) is 0 Å². The predicted molar refractivity (Wildman–Crippen MR) is 58.5 cm³/mol. The molecule has 0 amide bonds. The SMILES string of the molecule is COC(=O)C1=C(C(=O)OC)C(C)C=CC1C. The van der Waals surface area contributed by atoms with Gasteiger partial charge in [0.1, 0.15) is 0 Å². The molecule has 16 heavy (non-hydrogen) atoms. The number of ether oxygens (including phenoxy) is 2. The van der Waals surface area contributed by atoms with Crippen molar-refractivity contribution in [1.29, 1.82) is 0 Å². The van der Waals surface area contributed by atoms with Crippen LogP contribution >= 0.6 is 0 Å². The standard InChI is InChI=1S/C12H16O4/c1-7-5-6-8(2)10(12(14)16-4)9(7)11(13)15-3/h5-8H,1-4H3. The first kappa shape index (κ1) is 12.5. The number of hydrogen-bond donors (Lipinski definition) is 0. The van der Waals surface area contributed by atoms with Gasteiger partial charge in [0.15, 0.2) is 0 Å². The zero-order chi connectivity index (χ0) is 12.3. The Labute approximate surface area is 94.9 Å². The van der Waals surface area contributed by atoms with E-state index in [1.807, 2.05) is 26.0 Å². The first-order valence-corrected chi connectivity index (χ1v) is 5.12. The van der Waals surface area contributed by atoms with E-state index in [0.717, 1.165) is 0 Å². The average molecular weight is 224 g/mol. The normalized spacial score (nSPS) is 24.2. The second-order valence-corrected chi connectivity index (χ2v) is 3.77. The van der Waals surface area contributed by atoms with Gasteiger partial charge in [-0.2, -0.15) is 0 Å². The van der Waals surface area contributed by atoms with E-state index in [1.165, 1.54) is 14.2 Å². The van der Waals surface area contributed by atoms with Gasteiger partial charge in [-0.25, -0.2) is 9.59 Å². The minimum absolute atomic E-state index is 0.127. The lowest BCUT2D eigenvalue weighted by atomic mass is 9.83. The van der Waals surface area contributed by atoms with Crippen molar-refractivity contribution in [3.05, 3.63) is 23.3 Å². The lowest BCUT2D eigenvalue weighted by Crippen LogP contribution is -2.24. The Balaban J connectivity index is 3.25. The Morgan fingerprint density at radius 1 is 0.938 bits per heavy atom. The molecular weight excluding hydrogens is 208 g/mol. The Hall–Kier alpha value is -1.58. The smallest absolute Gasteiger partial charge is 0.334 e. The van der Waals surface area contributed by atoms with Crippen LogP contribution in [0.3, 0.4) is 0 Å². The highest BCUT2D eigenvalue weighted by atomic mass is 16.5. The van der Waals surface area contributed by atoms with Gasteiger partial charge < -0.3 is 9.47 Å². The zero-order valence-corrected chi connectivity index (χ0v) is 9.94. The van der Waals surface area contributed by atoms with Crippen LogP contribution in [0.5, 0.6) is 0 Å². The van der Waals surface area contributed by atoms with Crippen LogP contribution in [0.1, 0.15) is 13.8 Å². The molecule has 0 fully saturated rings. The molecule has 0 saturated heterocycles. The largest absolute Gasteiger partial charge is 0.466 e. The van der Waals surface area contributed by atoms with Gasteiger partial charge in [0.05, 0.1) is 25.4 Å². The van der Waals surface area contributed by atoms with Gasteiger partial charge >= 0.3 is 11.9 Å². The highest BCUT2D eigenvalue weighted by Crippen LogP contribution is 2.30. The number of carbonyl (C=O) groups is 2. The first-order valence-electron chi connectivity index (χ1n) is 5.12. The fourth-order valence-electron chi connectivity index (χ4n) is 1.83. The fourth-order valence-corrected chi connectivity index (χ4v) is 1.83. The molecule has 0 bridgehead atoms. The molecule has 1 rings (SSSR count). The van der Waals surface area contributed by atoms with Crippen LogP contribution in [0, 0.1) is 11.8 Å². The molecular formula is C12H16O4. The van der Waals surface area contributed by atoms with Crippen LogP contribution in [-0.2, 0) is 19.1 Å². The van der Waals surface area contributed by atoms with Gasteiger partial charge in [0.25, 0.3) is 0 Å². The highest BCUT2D eigenvalue weighted by molar-refractivity contribution is 6.01. The van der Waals surface area contributed by atoms with E-state index in [2.05, 4.69) is 0 Å². The Bertz CT molecular complexity index is 331. The van der Waals surface area contributed by atoms with Gasteiger partial charge in [-0.05, 0) is 0 Å². The molecule has 0 N–H and O–H groups in total. The molecule has 0 radical (unpaired) electrons. The summed E-state index contributed by atoms with van der Waals surface area (Å²) in [4.78, 5) is 23.3. The molecule has 0 aromatic heterocycles. The van der Waals surface area contributed by atoms with E-state index in [4.69, 9.17) is 9.47 Å². The van der Waals surface area contributed by atoms with E-state index in [1.54, 1.807) is 0 Å². The number of esters is 2. The molecule has 0 spiro atoms. The lowest BCUT2D eigenvalue weighted by Gasteiger charge is -2.22. The van der Waals surface area contributed by atoms with E-state index >= 15 is 0 Å². The highest BCUT2D eigenvalue weighted by Gasteiger charge is 2.31. The summed E-state index contributed by atoms with van der Waals surface area (Å²) in [5.74, 6) is -1.19. The van der Waals surface area contributed by atoms with Crippen molar-refractivity contribution in [2.75, 3.05) is 14.2 Å². The third kappa shape index (κ3) is 2.15. The van der Waals surface area contributed by atoms with Crippen LogP contribution in [0.15, 0.2) is 23.3 Å². The van der Waals surface area contributed by atoms with Crippen molar-refractivity contribution in [2.24, 2.45) is 11.8 Å². The third-order valence-electron chi connectivity index (χ3n) is 2.70. The number of rotatable bonds is 2. The van der Waals surface area contributed by atoms with Crippen LogP contribution in [-0.4, -0.2) is 26.2 Å². The minimum Gasteiger partial charge on any atom is -0.466 e. The number of methoxy groups -OCH3 is 2. The lowest BCUT2D eigenvalue weighted by molar-refractivity contribution is -0.140. The molecule has 2 atom stereocenters. The average Bonchev–Trinajstić information content (AvgIpc) is 2.29. The quantitative estimate of drug-likeness (QED) is 0.526. The Kier molecular flexibility index (Phi) is 3.88. The molecule has 4 heteroatoms. The molecule has 0 saturated carbocycles. The van der Waals surface area contributed by atoms with E-state index < -0.39 is 11.9 Å². The Morgan fingerprint density at radius 3 is 1.50 bits per heavy atom. The van der Waals surface area contributed by atoms with Gasteiger partial charge in [0.2, 0.25) is 0 Å². The number of carbonyl (C=O) groups excluding carboxylic acids is 2. The monoisotopic (exact) mass is 224 g/mol. The molecule has 88 valence electrons. The summed E-state index contributed by atoms with van der Waals surface area (Å²) < 4.78 is 9.39. The zero-order valence-electron chi connectivity index (χ0n) is 9.94. The van der Waals surface area contributed by atoms with Crippen LogP contribution < -0.4 is 0 Å². The van der Waals surface area contributed by atoms with Gasteiger partial charge in [0, 0.05) is 11.8 Å². The van der Waals surface area contributed by atoms with Crippen molar-refractivity contribution in [2.45, 2.75) is 13.8 Å². The first-order chi connectivity index (χ1) is 7.52. The summed E-state index contributed by atoms with van der Waals surface area (Å²) in [5, 5.41) is 0. The summed E-state index contributed by atoms with van der Waals surface area (Å²) >= 11 is 0. The van der Waals surface area contributed by atoms with Crippen LogP contribution in [0.25, 0.3) is 0 Å². The number of hydrogen-bond acceptors (Lipinski definition) is 4. The Morgan fingerprint density at radius 2 is 1.25 bits per heavy atom. The van der Waals surface area contributed by atoms with Crippen molar-refractivity contribution in [3.63, 3.8) is 0 Å². The van der Waals surface area contributed by atoms with E-state index in [-0.39, 0.29) is 11.8 Å².